The molecule has 0 aliphatic carbocycles. The Morgan fingerprint density at radius 2 is 1.22 bits per heavy atom. The number of cyclic esters (lactones) is 1. The lowest BCUT2D eigenvalue weighted by atomic mass is 9.98. The van der Waals surface area contributed by atoms with Crippen molar-refractivity contribution < 1.29 is 43.6 Å². The monoisotopic (exact) mass is 744 g/mol. The van der Waals surface area contributed by atoms with Gasteiger partial charge in [-0.25, -0.2) is 19.2 Å². The molecule has 11 nitrogen and oxygen atoms in total. The summed E-state index contributed by atoms with van der Waals surface area (Å²) >= 11 is 0. The predicted octanol–water partition coefficient (Wildman–Crippen LogP) is 6.89. The van der Waals surface area contributed by atoms with Crippen molar-refractivity contribution in [2.75, 3.05) is 6.61 Å². The van der Waals surface area contributed by atoms with E-state index in [1.807, 2.05) is 115 Å². The minimum atomic E-state index is -1.37. The van der Waals surface area contributed by atoms with E-state index in [1.165, 1.54) is 5.56 Å². The summed E-state index contributed by atoms with van der Waals surface area (Å²) in [7, 11) is 0. The zero-order valence-electron chi connectivity index (χ0n) is 30.2. The second-order valence-electron chi connectivity index (χ2n) is 12.8. The van der Waals surface area contributed by atoms with Gasteiger partial charge in [-0.2, -0.15) is 0 Å². The van der Waals surface area contributed by atoms with Gasteiger partial charge in [0.15, 0.2) is 12.1 Å². The highest BCUT2D eigenvalue weighted by Gasteiger charge is 2.43. The summed E-state index contributed by atoms with van der Waals surface area (Å²) in [6.45, 7) is -0.628. The highest BCUT2D eigenvalue weighted by atomic mass is 16.6. The fraction of sp³-hybridized carbons (Fsp3) is 0.227. The number of carbonyl (C=O) groups is 4. The van der Waals surface area contributed by atoms with Gasteiger partial charge in [0.05, 0.1) is 13.2 Å². The molecule has 0 bridgehead atoms. The number of hydrogen-bond donors (Lipinski definition) is 3. The van der Waals surface area contributed by atoms with Crippen LogP contribution in [0.2, 0.25) is 0 Å². The topological polar surface area (TPSA) is 152 Å². The van der Waals surface area contributed by atoms with E-state index in [4.69, 9.17) is 14.2 Å². The van der Waals surface area contributed by atoms with E-state index in [1.54, 1.807) is 36.4 Å². The van der Waals surface area contributed by atoms with Crippen LogP contribution < -0.4 is 5.32 Å². The van der Waals surface area contributed by atoms with Crippen molar-refractivity contribution in [1.29, 1.82) is 0 Å². The summed E-state index contributed by atoms with van der Waals surface area (Å²) in [5.41, 5.74) is 4.67. The molecular weight excluding hydrogens is 700 g/mol. The molecule has 0 aromatic heterocycles. The summed E-state index contributed by atoms with van der Waals surface area (Å²) in [5.74, 6) is -1.71. The molecule has 5 aromatic rings. The van der Waals surface area contributed by atoms with Crippen molar-refractivity contribution in [2.24, 2.45) is 0 Å². The third-order valence-corrected chi connectivity index (χ3v) is 8.88. The summed E-state index contributed by atoms with van der Waals surface area (Å²) in [4.78, 5) is 49.3. The van der Waals surface area contributed by atoms with Crippen LogP contribution in [-0.2, 0) is 49.8 Å². The number of esters is 1. The number of rotatable bonds is 15. The summed E-state index contributed by atoms with van der Waals surface area (Å²) in [6.07, 6.45) is -0.239. The van der Waals surface area contributed by atoms with Gasteiger partial charge in [-0.3, -0.25) is 4.90 Å². The Balaban J connectivity index is 0.000000219. The largest absolute Gasteiger partial charge is 0.480 e. The predicted molar refractivity (Wildman–Crippen MR) is 204 cm³/mol. The van der Waals surface area contributed by atoms with Crippen LogP contribution in [0, 0.1) is 0 Å². The standard InChI is InChI=1S/C26H25NO4.C18H19NO5/c28-25-24(22(30-25)17-16-19-10-4-1-5-11-19)27-26(29)31-23(21-14-8-3-9-15-21)18-20-12-6-2-7-13-20;20-12-16(17(21)22)19(11-14-7-3-1-4-8-14)18(23)24-13-15-9-5-2-6-10-15/h1-15,22-24H,16-18H2,(H,27,29);1-10,16,20H,11-13H2,(H,21,22)/t;16-/m.0/s1. The Morgan fingerprint density at radius 3 is 1.75 bits per heavy atom. The van der Waals surface area contributed by atoms with E-state index in [0.717, 1.165) is 33.6 Å². The van der Waals surface area contributed by atoms with Crippen LogP contribution >= 0.6 is 0 Å². The minimum Gasteiger partial charge on any atom is -0.480 e. The second-order valence-corrected chi connectivity index (χ2v) is 12.8. The highest BCUT2D eigenvalue weighted by molar-refractivity contribution is 5.86. The van der Waals surface area contributed by atoms with Gasteiger partial charge >= 0.3 is 24.1 Å². The molecule has 11 heteroatoms. The molecule has 1 aliphatic heterocycles. The molecule has 5 aromatic carbocycles. The number of aliphatic hydroxyl groups is 1. The zero-order valence-corrected chi connectivity index (χ0v) is 30.2. The third-order valence-electron chi connectivity index (χ3n) is 8.88. The van der Waals surface area contributed by atoms with Gasteiger partial charge in [0.1, 0.15) is 18.8 Å². The molecule has 1 aliphatic rings. The molecule has 6 rings (SSSR count). The average molecular weight is 745 g/mol. The lowest BCUT2D eigenvalue weighted by Crippen LogP contribution is -2.60. The SMILES string of the molecule is O=C(NC1C(=O)OC1CCc1ccccc1)OC(Cc1ccccc1)c1ccccc1.O=C(O)[C@H](CO)N(Cc1ccccc1)C(=O)OCc1ccccc1. The van der Waals surface area contributed by atoms with Crippen LogP contribution in [-0.4, -0.2) is 64.0 Å². The molecule has 1 heterocycles. The molecule has 0 radical (unpaired) electrons. The van der Waals surface area contributed by atoms with Crippen molar-refractivity contribution in [2.45, 2.75) is 56.7 Å². The summed E-state index contributed by atoms with van der Waals surface area (Å²) in [5, 5.41) is 21.3. The maximum absolute atomic E-state index is 12.6. The van der Waals surface area contributed by atoms with Crippen molar-refractivity contribution in [3.05, 3.63) is 179 Å². The van der Waals surface area contributed by atoms with Gasteiger partial charge in [0.2, 0.25) is 0 Å². The van der Waals surface area contributed by atoms with E-state index in [2.05, 4.69) is 5.32 Å². The third kappa shape index (κ3) is 12.3. The molecule has 3 unspecified atom stereocenters. The molecule has 2 amide bonds. The summed E-state index contributed by atoms with van der Waals surface area (Å²) < 4.78 is 16.2. The Hall–Kier alpha value is -6.46. The van der Waals surface area contributed by atoms with Crippen LogP contribution in [0.5, 0.6) is 0 Å². The number of nitrogens with one attached hydrogen (secondary N) is 1. The molecule has 3 N–H and O–H groups in total. The number of aryl methyl sites for hydroxylation is 1. The fourth-order valence-electron chi connectivity index (χ4n) is 5.91. The van der Waals surface area contributed by atoms with Gasteiger partial charge < -0.3 is 29.7 Å². The number of hydrogen-bond acceptors (Lipinski definition) is 8. The number of aliphatic carboxylic acids is 1. The first kappa shape index (κ1) is 39.7. The lowest BCUT2D eigenvalue weighted by Gasteiger charge is -2.35. The number of nitrogens with zero attached hydrogens (tertiary/aromatic N) is 1. The normalized spacial score (nSPS) is 15.4. The Morgan fingerprint density at radius 1 is 0.709 bits per heavy atom. The first-order valence-electron chi connectivity index (χ1n) is 18.0. The van der Waals surface area contributed by atoms with Gasteiger partial charge in [-0.1, -0.05) is 152 Å². The lowest BCUT2D eigenvalue weighted by molar-refractivity contribution is -0.177. The number of aliphatic hydroxyl groups excluding tert-OH is 1. The average Bonchev–Trinajstić information content (AvgIpc) is 3.22. The molecule has 0 saturated carbocycles. The number of carbonyl (C=O) groups excluding carboxylic acids is 3. The van der Waals surface area contributed by atoms with Crippen LogP contribution in [0.15, 0.2) is 152 Å². The fourth-order valence-corrected chi connectivity index (χ4v) is 5.91. The first-order chi connectivity index (χ1) is 26.8. The number of carboxylic acid groups (broad SMARTS) is 1. The number of alkyl carbamates (subject to hydrolysis) is 1. The molecule has 0 spiro atoms. The smallest absolute Gasteiger partial charge is 0.411 e. The molecule has 4 atom stereocenters. The van der Waals surface area contributed by atoms with Crippen molar-refractivity contribution in [3.8, 4) is 0 Å². The van der Waals surface area contributed by atoms with E-state index < -0.39 is 48.9 Å². The molecule has 55 heavy (non-hydrogen) atoms. The molecular formula is C44H44N2O9. The van der Waals surface area contributed by atoms with E-state index in [-0.39, 0.29) is 19.3 Å². The summed E-state index contributed by atoms with van der Waals surface area (Å²) in [6, 6.07) is 45.4. The quantitative estimate of drug-likeness (QED) is 0.0769. The van der Waals surface area contributed by atoms with Crippen LogP contribution in [0.1, 0.15) is 40.3 Å². The number of benzene rings is 5. The van der Waals surface area contributed by atoms with Gasteiger partial charge in [-0.15, -0.1) is 0 Å². The van der Waals surface area contributed by atoms with Crippen molar-refractivity contribution in [1.82, 2.24) is 10.2 Å². The van der Waals surface area contributed by atoms with Crippen molar-refractivity contribution in [3.63, 3.8) is 0 Å². The van der Waals surface area contributed by atoms with Gasteiger partial charge in [0, 0.05) is 6.42 Å². The van der Waals surface area contributed by atoms with E-state index in [0.29, 0.717) is 12.8 Å². The Labute approximate surface area is 320 Å². The van der Waals surface area contributed by atoms with Crippen LogP contribution in [0.25, 0.3) is 0 Å². The van der Waals surface area contributed by atoms with E-state index >= 15 is 0 Å². The highest BCUT2D eigenvalue weighted by Crippen LogP contribution is 2.25. The second kappa shape index (κ2) is 20.7. The van der Waals surface area contributed by atoms with Gasteiger partial charge in [-0.05, 0) is 40.7 Å². The maximum Gasteiger partial charge on any atom is 0.411 e. The molecule has 284 valence electrons. The maximum atomic E-state index is 12.6. The van der Waals surface area contributed by atoms with Crippen molar-refractivity contribution >= 4 is 24.1 Å². The molecule has 1 saturated heterocycles. The minimum absolute atomic E-state index is 0.0305. The zero-order chi connectivity index (χ0) is 38.8. The van der Waals surface area contributed by atoms with Crippen LogP contribution in [0.4, 0.5) is 9.59 Å². The van der Waals surface area contributed by atoms with E-state index in [9.17, 15) is 29.4 Å². The molecule has 1 fully saturated rings. The van der Waals surface area contributed by atoms with Crippen LogP contribution in [0.3, 0.4) is 0 Å². The van der Waals surface area contributed by atoms with Gasteiger partial charge in [0.25, 0.3) is 0 Å². The number of amides is 2. The number of carboxylic acids is 1. The Bertz CT molecular complexity index is 1930. The Kier molecular flexibility index (Phi) is 15.0. The number of ether oxygens (including phenoxy) is 3. The first-order valence-corrected chi connectivity index (χ1v) is 18.0.